The highest BCUT2D eigenvalue weighted by Gasteiger charge is 2.32. The minimum absolute atomic E-state index is 0.333. The second kappa shape index (κ2) is 8.26. The quantitative estimate of drug-likeness (QED) is 0.603. The number of thiocarbonyl (C=S) groups is 1. The zero-order valence-corrected chi connectivity index (χ0v) is 17.2. The molecule has 0 radical (unpaired) electrons. The van der Waals surface area contributed by atoms with Crippen molar-refractivity contribution in [2.24, 2.45) is 0 Å². The van der Waals surface area contributed by atoms with Crippen LogP contribution in [-0.2, 0) is 11.3 Å². The van der Waals surface area contributed by atoms with E-state index in [0.717, 1.165) is 5.69 Å². The van der Waals surface area contributed by atoms with Crippen LogP contribution in [0.3, 0.4) is 0 Å². The molecule has 10 heteroatoms. The van der Waals surface area contributed by atoms with E-state index in [1.807, 2.05) is 16.1 Å². The zero-order valence-electron chi connectivity index (χ0n) is 15.5. The maximum absolute atomic E-state index is 14.8. The lowest BCUT2D eigenvalue weighted by molar-refractivity contribution is 0.143. The maximum atomic E-state index is 14.8. The number of amides is 1. The van der Waals surface area contributed by atoms with Gasteiger partial charge < -0.3 is 14.6 Å². The van der Waals surface area contributed by atoms with E-state index in [4.69, 9.17) is 17.0 Å². The van der Waals surface area contributed by atoms with Crippen LogP contribution in [0.5, 0.6) is 0 Å². The molecule has 29 heavy (non-hydrogen) atoms. The zero-order chi connectivity index (χ0) is 20.4. The molecular weight excluding hydrogens is 413 g/mol. The Morgan fingerprint density at radius 3 is 3.07 bits per heavy atom. The average Bonchev–Trinajstić information content (AvgIpc) is 3.42. The number of hydrogen-bond acceptors (Lipinski definition) is 6. The molecule has 1 amide bonds. The second-order valence-electron chi connectivity index (χ2n) is 6.60. The molecule has 1 aliphatic rings. The summed E-state index contributed by atoms with van der Waals surface area (Å²) in [5, 5.41) is 5.47. The molecule has 7 nitrogen and oxygen atoms in total. The number of benzene rings is 1. The monoisotopic (exact) mass is 431 g/mol. The molecule has 0 bridgehead atoms. The lowest BCUT2D eigenvalue weighted by Crippen LogP contribution is -2.32. The van der Waals surface area contributed by atoms with Crippen LogP contribution in [0.2, 0.25) is 0 Å². The normalized spacial score (nSPS) is 16.1. The summed E-state index contributed by atoms with van der Waals surface area (Å²) in [7, 11) is 0. The highest BCUT2D eigenvalue weighted by molar-refractivity contribution is 7.80. The lowest BCUT2D eigenvalue weighted by atomic mass is 10.2. The fraction of sp³-hybridized carbons (Fsp3) is 0.263. The molecule has 2 aromatic heterocycles. The summed E-state index contributed by atoms with van der Waals surface area (Å²) in [6, 6.07) is 4.69. The number of carbonyl (C=O) groups excluding carboxylic acids is 1. The van der Waals surface area contributed by atoms with Gasteiger partial charge in [0, 0.05) is 23.3 Å². The first-order valence-corrected chi connectivity index (χ1v) is 10.2. The number of halogens is 1. The third kappa shape index (κ3) is 4.43. The number of anilines is 1. The molecule has 0 aliphatic carbocycles. The summed E-state index contributed by atoms with van der Waals surface area (Å²) in [6.45, 7) is 3.10. The number of ether oxygens (including phenoxy) is 1. The summed E-state index contributed by atoms with van der Waals surface area (Å²) in [4.78, 5) is 22.7. The van der Waals surface area contributed by atoms with Crippen LogP contribution in [0.4, 0.5) is 14.9 Å². The first-order chi connectivity index (χ1) is 14.0. The van der Waals surface area contributed by atoms with Crippen LogP contribution in [0.15, 0.2) is 42.3 Å². The highest BCUT2D eigenvalue weighted by Crippen LogP contribution is 2.31. The van der Waals surface area contributed by atoms with Gasteiger partial charge in [-0.3, -0.25) is 4.90 Å². The van der Waals surface area contributed by atoms with Crippen LogP contribution in [0, 0.1) is 5.82 Å². The Kier molecular flexibility index (Phi) is 5.54. The van der Waals surface area contributed by atoms with Crippen molar-refractivity contribution in [1.82, 2.24) is 19.9 Å². The van der Waals surface area contributed by atoms with Crippen LogP contribution >= 0.6 is 23.6 Å². The first-order valence-electron chi connectivity index (χ1n) is 8.92. The average molecular weight is 432 g/mol. The second-order valence-corrected chi connectivity index (χ2v) is 8.07. The third-order valence-electron chi connectivity index (χ3n) is 4.40. The van der Waals surface area contributed by atoms with Gasteiger partial charge in [0.25, 0.3) is 0 Å². The van der Waals surface area contributed by atoms with Gasteiger partial charge in [-0.25, -0.2) is 19.2 Å². The molecular formula is C19H18FN5O2S2. The number of cyclic esters (lactones) is 1. The van der Waals surface area contributed by atoms with Gasteiger partial charge in [-0.05, 0) is 25.1 Å². The molecule has 0 spiro atoms. The van der Waals surface area contributed by atoms with Crippen molar-refractivity contribution in [2.45, 2.75) is 19.6 Å². The standard InChI is InChI=1S/C19H18FN5O2S2/c1-12(28)22-7-15-9-25(19(26)27-15)14-2-3-16(17(20)6-14)18-23-13(10-29-18)8-24-5-4-21-11-24/h2-6,10-11,15H,7-9H2,1H3,(H,22,28)/t15-/m0/s1. The van der Waals surface area contributed by atoms with Gasteiger partial charge in [-0.1, -0.05) is 12.2 Å². The van der Waals surface area contributed by atoms with Crippen molar-refractivity contribution in [1.29, 1.82) is 0 Å². The van der Waals surface area contributed by atoms with E-state index in [9.17, 15) is 9.18 Å². The number of hydrogen-bond donors (Lipinski definition) is 1. The number of aromatic nitrogens is 3. The van der Waals surface area contributed by atoms with Gasteiger partial charge in [0.1, 0.15) is 16.9 Å². The summed E-state index contributed by atoms with van der Waals surface area (Å²) in [5.74, 6) is -0.435. The number of rotatable bonds is 6. The number of nitrogens with zero attached hydrogens (tertiary/aromatic N) is 4. The predicted octanol–water partition coefficient (Wildman–Crippen LogP) is 3.46. The molecule has 0 saturated carbocycles. The largest absolute Gasteiger partial charge is 0.442 e. The van der Waals surface area contributed by atoms with Gasteiger partial charge in [0.05, 0.1) is 42.3 Å². The Hall–Kier alpha value is -2.85. The molecule has 1 fully saturated rings. The smallest absolute Gasteiger partial charge is 0.414 e. The van der Waals surface area contributed by atoms with E-state index >= 15 is 0 Å². The van der Waals surface area contributed by atoms with Crippen molar-refractivity contribution in [3.8, 4) is 10.6 Å². The molecule has 4 rings (SSSR count). The minimum atomic E-state index is -0.497. The fourth-order valence-electron chi connectivity index (χ4n) is 3.01. The molecule has 0 unspecified atom stereocenters. The van der Waals surface area contributed by atoms with E-state index in [1.165, 1.54) is 22.3 Å². The Labute approximate surface area is 176 Å². The van der Waals surface area contributed by atoms with Crippen molar-refractivity contribution in [3.05, 3.63) is 53.8 Å². The Morgan fingerprint density at radius 2 is 2.34 bits per heavy atom. The summed E-state index contributed by atoms with van der Waals surface area (Å²) >= 11 is 6.35. The van der Waals surface area contributed by atoms with Crippen molar-refractivity contribution < 1.29 is 13.9 Å². The van der Waals surface area contributed by atoms with E-state index in [2.05, 4.69) is 15.3 Å². The summed E-state index contributed by atoms with van der Waals surface area (Å²) in [5.41, 5.74) is 1.68. The van der Waals surface area contributed by atoms with Crippen molar-refractivity contribution in [2.75, 3.05) is 18.0 Å². The molecule has 1 aromatic carbocycles. The van der Waals surface area contributed by atoms with Crippen LogP contribution < -0.4 is 10.2 Å². The van der Waals surface area contributed by atoms with Gasteiger partial charge in [-0.2, -0.15) is 0 Å². The lowest BCUT2D eigenvalue weighted by Gasteiger charge is -2.14. The highest BCUT2D eigenvalue weighted by atomic mass is 32.1. The van der Waals surface area contributed by atoms with Gasteiger partial charge >= 0.3 is 6.09 Å². The minimum Gasteiger partial charge on any atom is -0.442 e. The molecule has 3 heterocycles. The van der Waals surface area contributed by atoms with E-state index in [0.29, 0.717) is 40.9 Å². The van der Waals surface area contributed by atoms with E-state index in [1.54, 1.807) is 31.6 Å². The van der Waals surface area contributed by atoms with E-state index in [-0.39, 0.29) is 6.10 Å². The SMILES string of the molecule is CC(=S)NC[C@H]1CN(c2ccc(-c3nc(Cn4ccnc4)cs3)c(F)c2)C(=O)O1. The van der Waals surface area contributed by atoms with Crippen molar-refractivity contribution in [3.63, 3.8) is 0 Å². The number of nitrogens with one attached hydrogen (secondary N) is 1. The molecule has 1 N–H and O–H groups in total. The topological polar surface area (TPSA) is 72.3 Å². The fourth-order valence-corrected chi connectivity index (χ4v) is 3.93. The van der Waals surface area contributed by atoms with Crippen LogP contribution in [-0.4, -0.2) is 44.8 Å². The molecule has 150 valence electrons. The van der Waals surface area contributed by atoms with Crippen molar-refractivity contribution >= 4 is 40.3 Å². The summed E-state index contributed by atoms with van der Waals surface area (Å²) < 4.78 is 22.0. The number of carbonyl (C=O) groups is 1. The number of imidazole rings is 1. The molecule has 1 atom stereocenters. The van der Waals surface area contributed by atoms with Crippen LogP contribution in [0.1, 0.15) is 12.6 Å². The Bertz CT molecular complexity index is 1040. The van der Waals surface area contributed by atoms with Gasteiger partial charge in [-0.15, -0.1) is 11.3 Å². The molecule has 1 aliphatic heterocycles. The Balaban J connectivity index is 1.48. The van der Waals surface area contributed by atoms with Gasteiger partial charge in [0.2, 0.25) is 0 Å². The molecule has 1 saturated heterocycles. The first kappa shape index (κ1) is 19.5. The number of thiazole rings is 1. The van der Waals surface area contributed by atoms with Gasteiger partial charge in [0.15, 0.2) is 0 Å². The van der Waals surface area contributed by atoms with E-state index < -0.39 is 11.9 Å². The Morgan fingerprint density at radius 1 is 1.48 bits per heavy atom. The summed E-state index contributed by atoms with van der Waals surface area (Å²) in [6.07, 6.45) is 4.42. The maximum Gasteiger partial charge on any atom is 0.414 e. The predicted molar refractivity (Wildman–Crippen MR) is 113 cm³/mol. The molecule has 3 aromatic rings. The van der Waals surface area contributed by atoms with Crippen LogP contribution in [0.25, 0.3) is 10.6 Å². The third-order valence-corrected chi connectivity index (χ3v) is 5.47.